The Morgan fingerprint density at radius 2 is 1.90 bits per heavy atom. The summed E-state index contributed by atoms with van der Waals surface area (Å²) in [6, 6.07) is 12.2. The number of rotatable bonds is 3. The van der Waals surface area contributed by atoms with E-state index in [9.17, 15) is 9.90 Å². The lowest BCUT2D eigenvalue weighted by Gasteiger charge is -2.17. The van der Waals surface area contributed by atoms with Crippen LogP contribution in [0.1, 0.15) is 15.9 Å². The largest absolute Gasteiger partial charge is 0.506 e. The van der Waals surface area contributed by atoms with E-state index in [4.69, 9.17) is 11.6 Å². The normalized spacial score (nSPS) is 10.3. The number of benzene rings is 2. The van der Waals surface area contributed by atoms with Gasteiger partial charge < -0.3 is 10.0 Å². The lowest BCUT2D eigenvalue weighted by molar-refractivity contribution is 0.0785. The van der Waals surface area contributed by atoms with Crippen LogP contribution in [0.5, 0.6) is 5.75 Å². The molecule has 0 aromatic heterocycles. The van der Waals surface area contributed by atoms with Crippen molar-refractivity contribution in [2.45, 2.75) is 6.54 Å². The average Bonchev–Trinajstić information content (AvgIpc) is 2.43. The van der Waals surface area contributed by atoms with Gasteiger partial charge in [-0.25, -0.2) is 0 Å². The van der Waals surface area contributed by atoms with Crippen molar-refractivity contribution in [1.29, 1.82) is 0 Å². The molecule has 2 aromatic carbocycles. The Balaban J connectivity index is 2.11. The van der Waals surface area contributed by atoms with E-state index < -0.39 is 0 Å². The highest BCUT2D eigenvalue weighted by atomic mass is 79.9. The van der Waals surface area contributed by atoms with Gasteiger partial charge in [-0.1, -0.05) is 39.7 Å². The van der Waals surface area contributed by atoms with E-state index in [1.54, 1.807) is 18.0 Å². The number of nitrogens with zero attached hydrogens (tertiary/aromatic N) is 1. The quantitative estimate of drug-likeness (QED) is 0.902. The zero-order valence-corrected chi connectivity index (χ0v) is 13.1. The van der Waals surface area contributed by atoms with E-state index in [2.05, 4.69) is 15.9 Å². The number of carbonyl (C=O) groups is 1. The number of halogens is 2. The summed E-state index contributed by atoms with van der Waals surface area (Å²) in [5, 5.41) is 9.54. The summed E-state index contributed by atoms with van der Waals surface area (Å²) in [5.41, 5.74) is 1.49. The molecule has 20 heavy (non-hydrogen) atoms. The Hall–Kier alpha value is -1.52. The van der Waals surface area contributed by atoms with Gasteiger partial charge in [0.15, 0.2) is 0 Å². The second kappa shape index (κ2) is 6.29. The second-order valence-electron chi connectivity index (χ2n) is 4.45. The second-order valence-corrected chi connectivity index (χ2v) is 5.78. The fourth-order valence-electron chi connectivity index (χ4n) is 1.80. The molecular weight excluding hydrogens is 342 g/mol. The predicted octanol–water partition coefficient (Wildman–Crippen LogP) is 4.08. The van der Waals surface area contributed by atoms with Gasteiger partial charge in [0.05, 0.1) is 5.02 Å². The molecule has 2 aromatic rings. The van der Waals surface area contributed by atoms with E-state index in [1.807, 2.05) is 24.3 Å². The summed E-state index contributed by atoms with van der Waals surface area (Å²) in [4.78, 5) is 13.9. The van der Waals surface area contributed by atoms with E-state index in [0.717, 1.165) is 10.0 Å². The molecule has 104 valence electrons. The third-order valence-electron chi connectivity index (χ3n) is 2.87. The number of phenolic OH excluding ortho intramolecular Hbond substituents is 1. The summed E-state index contributed by atoms with van der Waals surface area (Å²) in [5.74, 6) is -0.173. The van der Waals surface area contributed by atoms with Crippen molar-refractivity contribution in [3.05, 3.63) is 63.1 Å². The van der Waals surface area contributed by atoms with Crippen LogP contribution >= 0.6 is 27.5 Å². The van der Waals surface area contributed by atoms with Crippen molar-refractivity contribution in [3.63, 3.8) is 0 Å². The Labute approximate surface area is 130 Å². The van der Waals surface area contributed by atoms with Gasteiger partial charge in [-0.3, -0.25) is 4.79 Å². The van der Waals surface area contributed by atoms with E-state index in [1.165, 1.54) is 12.1 Å². The number of carbonyl (C=O) groups excluding carboxylic acids is 1. The molecule has 5 heteroatoms. The van der Waals surface area contributed by atoms with Crippen LogP contribution in [-0.2, 0) is 6.54 Å². The number of hydrogen-bond donors (Lipinski definition) is 1. The van der Waals surface area contributed by atoms with Crippen molar-refractivity contribution in [2.75, 3.05) is 7.05 Å². The predicted molar refractivity (Wildman–Crippen MR) is 83.1 cm³/mol. The van der Waals surface area contributed by atoms with Crippen LogP contribution < -0.4 is 0 Å². The molecule has 0 spiro atoms. The molecule has 0 aliphatic rings. The minimum Gasteiger partial charge on any atom is -0.506 e. The molecule has 0 aliphatic heterocycles. The Morgan fingerprint density at radius 1 is 1.25 bits per heavy atom. The molecule has 0 aliphatic carbocycles. The minimum atomic E-state index is -0.144. The maximum atomic E-state index is 12.3. The van der Waals surface area contributed by atoms with Crippen LogP contribution in [0.15, 0.2) is 46.9 Å². The molecule has 0 atom stereocenters. The van der Waals surface area contributed by atoms with E-state index >= 15 is 0 Å². The Bertz CT molecular complexity index is 628. The first-order valence-electron chi connectivity index (χ1n) is 5.96. The minimum absolute atomic E-state index is 0.0289. The molecule has 1 amide bonds. The molecule has 2 rings (SSSR count). The molecule has 0 radical (unpaired) electrons. The monoisotopic (exact) mass is 353 g/mol. The van der Waals surface area contributed by atoms with Crippen LogP contribution in [0, 0.1) is 0 Å². The van der Waals surface area contributed by atoms with Gasteiger partial charge in [0.1, 0.15) is 5.75 Å². The van der Waals surface area contributed by atoms with Crippen molar-refractivity contribution >= 4 is 33.4 Å². The number of phenols is 1. The summed E-state index contributed by atoms with van der Waals surface area (Å²) >= 11 is 9.19. The smallest absolute Gasteiger partial charge is 0.253 e. The number of aromatic hydroxyl groups is 1. The maximum Gasteiger partial charge on any atom is 0.253 e. The van der Waals surface area contributed by atoms with Gasteiger partial charge in [0.2, 0.25) is 0 Å². The van der Waals surface area contributed by atoms with Crippen molar-refractivity contribution in [3.8, 4) is 5.75 Å². The summed E-state index contributed by atoms with van der Waals surface area (Å²) in [7, 11) is 1.73. The zero-order valence-electron chi connectivity index (χ0n) is 10.8. The third kappa shape index (κ3) is 3.52. The molecule has 0 heterocycles. The first-order chi connectivity index (χ1) is 9.47. The highest BCUT2D eigenvalue weighted by Gasteiger charge is 2.13. The fraction of sp³-hybridized carbons (Fsp3) is 0.133. The molecule has 0 saturated heterocycles. The van der Waals surface area contributed by atoms with Crippen molar-refractivity contribution in [2.24, 2.45) is 0 Å². The van der Waals surface area contributed by atoms with Gasteiger partial charge in [-0.05, 0) is 35.9 Å². The standard InChI is InChI=1S/C15H13BrClNO2/c1-18(9-10-2-5-12(16)6-3-10)15(20)11-4-7-14(19)13(17)8-11/h2-8,19H,9H2,1H3. The first-order valence-corrected chi connectivity index (χ1v) is 7.13. The summed E-state index contributed by atoms with van der Waals surface area (Å²) in [6.45, 7) is 0.505. The molecule has 3 nitrogen and oxygen atoms in total. The first kappa shape index (κ1) is 14.9. The van der Waals surface area contributed by atoms with Crippen molar-refractivity contribution < 1.29 is 9.90 Å². The highest BCUT2D eigenvalue weighted by Crippen LogP contribution is 2.24. The Morgan fingerprint density at radius 3 is 2.50 bits per heavy atom. The average molecular weight is 355 g/mol. The van der Waals surface area contributed by atoms with Gasteiger partial charge in [-0.2, -0.15) is 0 Å². The topological polar surface area (TPSA) is 40.5 Å². The van der Waals surface area contributed by atoms with Crippen molar-refractivity contribution in [1.82, 2.24) is 4.90 Å². The number of hydrogen-bond acceptors (Lipinski definition) is 2. The third-order valence-corrected chi connectivity index (χ3v) is 3.71. The molecule has 1 N–H and O–H groups in total. The summed E-state index contributed by atoms with van der Waals surface area (Å²) < 4.78 is 1.00. The van der Waals surface area contributed by atoms with Crippen LogP contribution in [0.4, 0.5) is 0 Å². The van der Waals surface area contributed by atoms with Gasteiger partial charge in [-0.15, -0.1) is 0 Å². The van der Waals surface area contributed by atoms with Crippen LogP contribution in [-0.4, -0.2) is 23.0 Å². The molecule has 0 unspecified atom stereocenters. The lowest BCUT2D eigenvalue weighted by atomic mass is 10.1. The van der Waals surface area contributed by atoms with Gasteiger partial charge >= 0.3 is 0 Å². The van der Waals surface area contributed by atoms with Gasteiger partial charge in [0.25, 0.3) is 5.91 Å². The Kier molecular flexibility index (Phi) is 4.68. The highest BCUT2D eigenvalue weighted by molar-refractivity contribution is 9.10. The molecule has 0 bridgehead atoms. The fourth-order valence-corrected chi connectivity index (χ4v) is 2.24. The van der Waals surface area contributed by atoms with Crippen LogP contribution in [0.25, 0.3) is 0 Å². The zero-order chi connectivity index (χ0) is 14.7. The molecule has 0 fully saturated rings. The SMILES string of the molecule is CN(Cc1ccc(Br)cc1)C(=O)c1ccc(O)c(Cl)c1. The molecular formula is C15H13BrClNO2. The van der Waals surface area contributed by atoms with E-state index in [-0.39, 0.29) is 16.7 Å². The van der Waals surface area contributed by atoms with E-state index in [0.29, 0.717) is 12.1 Å². The lowest BCUT2D eigenvalue weighted by Crippen LogP contribution is -2.26. The maximum absolute atomic E-state index is 12.3. The van der Waals surface area contributed by atoms with Crippen LogP contribution in [0.3, 0.4) is 0 Å². The summed E-state index contributed by atoms with van der Waals surface area (Å²) in [6.07, 6.45) is 0. The molecule has 0 saturated carbocycles. The number of amides is 1. The van der Waals surface area contributed by atoms with Crippen LogP contribution in [0.2, 0.25) is 5.02 Å². The van der Waals surface area contributed by atoms with Gasteiger partial charge in [0, 0.05) is 23.6 Å².